The monoisotopic (exact) mass is 426 g/mol. The fourth-order valence-electron chi connectivity index (χ4n) is 3.40. The first kappa shape index (κ1) is 20.9. The lowest BCUT2D eigenvalue weighted by Gasteiger charge is -2.39. The zero-order valence-corrected chi connectivity index (χ0v) is 16.7. The smallest absolute Gasteiger partial charge is 0.326 e. The van der Waals surface area contributed by atoms with Crippen LogP contribution in [0.3, 0.4) is 0 Å². The molecular formula is C18H22N2O6S2. The minimum absolute atomic E-state index is 0.0363. The van der Waals surface area contributed by atoms with E-state index in [1.54, 1.807) is 23.5 Å². The highest BCUT2D eigenvalue weighted by molar-refractivity contribution is 7.88. The van der Waals surface area contributed by atoms with Crippen LogP contribution >= 0.6 is 11.3 Å². The fraction of sp³-hybridized carbons (Fsp3) is 0.444. The van der Waals surface area contributed by atoms with Crippen molar-refractivity contribution < 1.29 is 27.9 Å². The van der Waals surface area contributed by atoms with E-state index in [4.69, 9.17) is 4.74 Å². The Kier molecular flexibility index (Phi) is 6.46. The molecule has 0 aliphatic carbocycles. The summed E-state index contributed by atoms with van der Waals surface area (Å²) in [6.07, 6.45) is 0.323. The highest BCUT2D eigenvalue weighted by Gasteiger charge is 2.49. The van der Waals surface area contributed by atoms with Crippen molar-refractivity contribution in [2.24, 2.45) is 0 Å². The Morgan fingerprint density at radius 2 is 2.25 bits per heavy atom. The lowest BCUT2D eigenvalue weighted by atomic mass is 9.86. The van der Waals surface area contributed by atoms with Crippen molar-refractivity contribution in [3.63, 3.8) is 0 Å². The third kappa shape index (κ3) is 4.58. The van der Waals surface area contributed by atoms with Crippen molar-refractivity contribution in [1.29, 1.82) is 0 Å². The number of aldehydes is 1. The van der Waals surface area contributed by atoms with E-state index in [1.165, 1.54) is 0 Å². The maximum Gasteiger partial charge on any atom is 0.326 e. The molecule has 1 aliphatic heterocycles. The van der Waals surface area contributed by atoms with Crippen molar-refractivity contribution in [3.8, 4) is 0 Å². The average Bonchev–Trinajstić information content (AvgIpc) is 3.13. The van der Waals surface area contributed by atoms with Gasteiger partial charge in [0.2, 0.25) is 10.0 Å². The molecule has 8 nitrogen and oxygen atoms in total. The second-order valence-electron chi connectivity index (χ2n) is 6.72. The summed E-state index contributed by atoms with van der Waals surface area (Å²) < 4.78 is 34.5. The van der Waals surface area contributed by atoms with Gasteiger partial charge in [0, 0.05) is 17.7 Å². The van der Waals surface area contributed by atoms with Gasteiger partial charge >= 0.3 is 5.97 Å². The second kappa shape index (κ2) is 8.66. The largest absolute Gasteiger partial charge is 0.480 e. The predicted molar refractivity (Wildman–Crippen MR) is 106 cm³/mol. The molecule has 0 spiro atoms. The molecule has 0 saturated carbocycles. The third-order valence-corrected chi connectivity index (χ3v) is 7.05. The SMILES string of the molecule is O=CCCC(NS(=O)(=O)Cc1ccc2sccc2c1)(C(=O)O)C1COCCN1. The van der Waals surface area contributed by atoms with Crippen molar-refractivity contribution in [1.82, 2.24) is 10.0 Å². The molecule has 2 unspecified atom stereocenters. The number of nitrogens with one attached hydrogen (secondary N) is 2. The Balaban J connectivity index is 1.88. The zero-order chi connectivity index (χ0) is 20.2. The molecular weight excluding hydrogens is 404 g/mol. The van der Waals surface area contributed by atoms with Crippen LogP contribution in [-0.2, 0) is 30.1 Å². The van der Waals surface area contributed by atoms with Crippen LogP contribution in [0.5, 0.6) is 0 Å². The summed E-state index contributed by atoms with van der Waals surface area (Å²) in [6.45, 7) is 0.846. The number of hydrogen-bond acceptors (Lipinski definition) is 7. The van der Waals surface area contributed by atoms with Gasteiger partial charge in [-0.2, -0.15) is 4.72 Å². The molecule has 1 aromatic carbocycles. The number of fused-ring (bicyclic) bond motifs is 1. The van der Waals surface area contributed by atoms with Crippen molar-refractivity contribution in [2.45, 2.75) is 30.2 Å². The molecule has 28 heavy (non-hydrogen) atoms. The lowest BCUT2D eigenvalue weighted by molar-refractivity contribution is -0.147. The van der Waals surface area contributed by atoms with Gasteiger partial charge < -0.3 is 20.0 Å². The Hall–Kier alpha value is -1.85. The molecule has 2 atom stereocenters. The molecule has 1 saturated heterocycles. The predicted octanol–water partition coefficient (Wildman–Crippen LogP) is 1.11. The summed E-state index contributed by atoms with van der Waals surface area (Å²) in [5.74, 6) is -1.70. The standard InChI is InChI=1S/C18H22N2O6S2/c21-7-1-5-18(17(22)23,16-11-26-8-6-19-16)20-28(24,25)12-13-2-3-15-14(10-13)4-9-27-15/h2-4,7,9-10,16,19-20H,1,5-6,8,11-12H2,(H,22,23). The highest BCUT2D eigenvalue weighted by Crippen LogP contribution is 2.25. The van der Waals surface area contributed by atoms with Gasteiger partial charge in [-0.05, 0) is 40.9 Å². The summed E-state index contributed by atoms with van der Waals surface area (Å²) in [6, 6.07) is 6.46. The van der Waals surface area contributed by atoms with E-state index >= 15 is 0 Å². The van der Waals surface area contributed by atoms with Crippen molar-refractivity contribution in [3.05, 3.63) is 35.2 Å². The van der Waals surface area contributed by atoms with Crippen LogP contribution in [-0.4, -0.2) is 57.1 Å². The van der Waals surface area contributed by atoms with Crippen LogP contribution in [0.2, 0.25) is 0 Å². The van der Waals surface area contributed by atoms with Gasteiger partial charge in [-0.15, -0.1) is 11.3 Å². The summed E-state index contributed by atoms with van der Waals surface area (Å²) >= 11 is 1.56. The number of rotatable bonds is 9. The molecule has 1 aliphatic rings. The summed E-state index contributed by atoms with van der Waals surface area (Å²) in [7, 11) is -4.01. The van der Waals surface area contributed by atoms with E-state index in [0.717, 1.165) is 10.1 Å². The molecule has 1 aromatic heterocycles. The van der Waals surface area contributed by atoms with E-state index in [2.05, 4.69) is 10.0 Å². The number of carboxylic acids is 1. The molecule has 0 amide bonds. The number of benzene rings is 1. The first-order valence-electron chi connectivity index (χ1n) is 8.82. The lowest BCUT2D eigenvalue weighted by Crippen LogP contribution is -2.68. The first-order valence-corrected chi connectivity index (χ1v) is 11.4. The van der Waals surface area contributed by atoms with E-state index < -0.39 is 27.6 Å². The minimum atomic E-state index is -4.01. The van der Waals surface area contributed by atoms with Crippen LogP contribution in [0.25, 0.3) is 10.1 Å². The van der Waals surface area contributed by atoms with Crippen LogP contribution in [0.15, 0.2) is 29.6 Å². The van der Waals surface area contributed by atoms with Gasteiger partial charge in [0.25, 0.3) is 0 Å². The van der Waals surface area contributed by atoms with Crippen LogP contribution in [0.4, 0.5) is 0 Å². The third-order valence-electron chi connectivity index (χ3n) is 4.77. The van der Waals surface area contributed by atoms with Crippen LogP contribution < -0.4 is 10.0 Å². The van der Waals surface area contributed by atoms with E-state index in [0.29, 0.717) is 25.0 Å². The first-order chi connectivity index (χ1) is 13.4. The Morgan fingerprint density at radius 3 is 2.93 bits per heavy atom. The van der Waals surface area contributed by atoms with E-state index in [-0.39, 0.29) is 25.2 Å². The van der Waals surface area contributed by atoms with Crippen LogP contribution in [0, 0.1) is 0 Å². The fourth-order valence-corrected chi connectivity index (χ4v) is 5.75. The van der Waals surface area contributed by atoms with Gasteiger partial charge in [0.15, 0.2) is 0 Å². The molecule has 3 rings (SSSR count). The maximum absolute atomic E-state index is 12.9. The maximum atomic E-state index is 12.9. The molecule has 10 heteroatoms. The number of morpholine rings is 1. The second-order valence-corrected chi connectivity index (χ2v) is 9.39. The number of thiophene rings is 1. The number of aliphatic carboxylic acids is 1. The van der Waals surface area contributed by atoms with Gasteiger partial charge in [0.05, 0.1) is 25.0 Å². The number of carboxylic acid groups (broad SMARTS) is 1. The average molecular weight is 427 g/mol. The van der Waals surface area contributed by atoms with Gasteiger partial charge in [-0.25, -0.2) is 8.42 Å². The topological polar surface area (TPSA) is 122 Å². The zero-order valence-electron chi connectivity index (χ0n) is 15.1. The Bertz CT molecular complexity index is 952. The number of hydrogen-bond donors (Lipinski definition) is 3. The number of carbonyl (C=O) groups is 2. The van der Waals surface area contributed by atoms with Gasteiger partial charge in [-0.1, -0.05) is 6.07 Å². The number of ether oxygens (including phenoxy) is 1. The molecule has 0 radical (unpaired) electrons. The van der Waals surface area contributed by atoms with Crippen molar-refractivity contribution in [2.75, 3.05) is 19.8 Å². The molecule has 2 aromatic rings. The number of sulfonamides is 1. The molecule has 1 fully saturated rings. The quantitative estimate of drug-likeness (QED) is 0.514. The van der Waals surface area contributed by atoms with E-state index in [1.807, 2.05) is 17.5 Å². The highest BCUT2D eigenvalue weighted by atomic mass is 32.2. The van der Waals surface area contributed by atoms with Gasteiger partial charge in [-0.3, -0.25) is 4.79 Å². The summed E-state index contributed by atoms with van der Waals surface area (Å²) in [5.41, 5.74) is -1.31. The van der Waals surface area contributed by atoms with Gasteiger partial charge in [0.1, 0.15) is 11.8 Å². The molecule has 0 bridgehead atoms. The summed E-state index contributed by atoms with van der Waals surface area (Å²) in [5, 5.41) is 15.8. The van der Waals surface area contributed by atoms with E-state index in [9.17, 15) is 23.1 Å². The van der Waals surface area contributed by atoms with Crippen molar-refractivity contribution >= 4 is 43.7 Å². The molecule has 3 N–H and O–H groups in total. The Labute approximate surface area is 166 Å². The Morgan fingerprint density at radius 1 is 1.43 bits per heavy atom. The summed E-state index contributed by atoms with van der Waals surface area (Å²) in [4.78, 5) is 23.1. The minimum Gasteiger partial charge on any atom is -0.480 e. The normalized spacial score (nSPS) is 19.9. The van der Waals surface area contributed by atoms with Crippen LogP contribution in [0.1, 0.15) is 18.4 Å². The molecule has 2 heterocycles. The number of carbonyl (C=O) groups excluding carboxylic acids is 1. The molecule has 152 valence electrons.